The molecule has 0 aromatic heterocycles. The summed E-state index contributed by atoms with van der Waals surface area (Å²) < 4.78 is 0. The molecule has 0 rings (SSSR count). The van der Waals surface area contributed by atoms with Crippen molar-refractivity contribution in [3.05, 3.63) is 11.6 Å². The lowest BCUT2D eigenvalue weighted by atomic mass is 10.3. The first-order chi connectivity index (χ1) is 5.16. The lowest BCUT2D eigenvalue weighted by molar-refractivity contribution is -0.131. The Morgan fingerprint density at radius 2 is 2.45 bits per heavy atom. The number of hydrogen-bond acceptors (Lipinski definition) is 2. The maximum Gasteiger partial charge on any atom is 0.328 e. The van der Waals surface area contributed by atoms with Gasteiger partial charge in [-0.1, -0.05) is 11.5 Å². The fourth-order valence-corrected chi connectivity index (χ4v) is 0.594. The molecular weight excluding hydrogens is 142 g/mol. The molecule has 0 atom stereocenters. The van der Waals surface area contributed by atoms with Crippen LogP contribution in [0.25, 0.3) is 0 Å². The standard InChI is InChI=1S/C8H11NO2/c1-3-4-9-6-7(2)5-8(10)11/h1,5,9H,4,6H2,2H3,(H,10,11). The van der Waals surface area contributed by atoms with Gasteiger partial charge < -0.3 is 10.4 Å². The van der Waals surface area contributed by atoms with Gasteiger partial charge in [-0.15, -0.1) is 6.42 Å². The Morgan fingerprint density at radius 3 is 2.91 bits per heavy atom. The van der Waals surface area contributed by atoms with Crippen LogP contribution in [0.3, 0.4) is 0 Å². The van der Waals surface area contributed by atoms with Crippen LogP contribution >= 0.6 is 0 Å². The highest BCUT2D eigenvalue weighted by Crippen LogP contribution is 1.87. The molecule has 3 heteroatoms. The Kier molecular flexibility index (Phi) is 4.87. The van der Waals surface area contributed by atoms with Crippen LogP contribution in [0.1, 0.15) is 6.92 Å². The van der Waals surface area contributed by atoms with E-state index < -0.39 is 5.97 Å². The molecular formula is C8H11NO2. The van der Waals surface area contributed by atoms with E-state index in [0.717, 1.165) is 11.6 Å². The third kappa shape index (κ3) is 6.62. The minimum absolute atomic E-state index is 0.463. The van der Waals surface area contributed by atoms with Gasteiger partial charge in [-0.3, -0.25) is 0 Å². The number of rotatable bonds is 4. The van der Waals surface area contributed by atoms with Crippen molar-refractivity contribution in [2.75, 3.05) is 13.1 Å². The molecule has 0 saturated heterocycles. The molecule has 0 bridgehead atoms. The van der Waals surface area contributed by atoms with Crippen molar-refractivity contribution >= 4 is 5.97 Å². The summed E-state index contributed by atoms with van der Waals surface area (Å²) in [4.78, 5) is 10.1. The van der Waals surface area contributed by atoms with E-state index in [1.807, 2.05) is 0 Å². The summed E-state index contributed by atoms with van der Waals surface area (Å²) in [7, 11) is 0. The van der Waals surface area contributed by atoms with Crippen LogP contribution in [0, 0.1) is 12.3 Å². The van der Waals surface area contributed by atoms with Crippen molar-refractivity contribution in [1.29, 1.82) is 0 Å². The van der Waals surface area contributed by atoms with Crippen LogP contribution < -0.4 is 5.32 Å². The van der Waals surface area contributed by atoms with E-state index in [1.54, 1.807) is 6.92 Å². The minimum atomic E-state index is -0.926. The van der Waals surface area contributed by atoms with E-state index in [2.05, 4.69) is 11.2 Å². The SMILES string of the molecule is C#CCNCC(C)=CC(=O)O. The van der Waals surface area contributed by atoms with Gasteiger partial charge in [0, 0.05) is 12.6 Å². The van der Waals surface area contributed by atoms with Crippen LogP contribution in [-0.2, 0) is 4.79 Å². The van der Waals surface area contributed by atoms with E-state index >= 15 is 0 Å². The maximum atomic E-state index is 10.1. The average Bonchev–Trinajstić information content (AvgIpc) is 1.86. The van der Waals surface area contributed by atoms with E-state index in [-0.39, 0.29) is 0 Å². The zero-order valence-electron chi connectivity index (χ0n) is 6.42. The summed E-state index contributed by atoms with van der Waals surface area (Å²) in [6, 6.07) is 0. The summed E-state index contributed by atoms with van der Waals surface area (Å²) in [6.07, 6.45) is 6.12. The molecule has 0 unspecified atom stereocenters. The quantitative estimate of drug-likeness (QED) is 0.345. The highest BCUT2D eigenvalue weighted by molar-refractivity contribution is 5.80. The van der Waals surface area contributed by atoms with Crippen LogP contribution in [0.4, 0.5) is 0 Å². The molecule has 60 valence electrons. The average molecular weight is 153 g/mol. The van der Waals surface area contributed by atoms with Gasteiger partial charge in [-0.2, -0.15) is 0 Å². The van der Waals surface area contributed by atoms with Gasteiger partial charge in [0.2, 0.25) is 0 Å². The van der Waals surface area contributed by atoms with Gasteiger partial charge in [-0.25, -0.2) is 4.79 Å². The second-order valence-corrected chi connectivity index (χ2v) is 2.14. The van der Waals surface area contributed by atoms with Gasteiger partial charge >= 0.3 is 5.97 Å². The number of nitrogens with one attached hydrogen (secondary N) is 1. The molecule has 3 nitrogen and oxygen atoms in total. The van der Waals surface area contributed by atoms with Gasteiger partial charge in [0.05, 0.1) is 6.54 Å². The molecule has 0 heterocycles. The highest BCUT2D eigenvalue weighted by Gasteiger charge is 1.91. The van der Waals surface area contributed by atoms with Crippen LogP contribution in [0.2, 0.25) is 0 Å². The van der Waals surface area contributed by atoms with Crippen molar-refractivity contribution in [3.8, 4) is 12.3 Å². The van der Waals surface area contributed by atoms with Crippen molar-refractivity contribution < 1.29 is 9.90 Å². The second kappa shape index (κ2) is 5.51. The van der Waals surface area contributed by atoms with E-state index in [4.69, 9.17) is 11.5 Å². The fourth-order valence-electron chi connectivity index (χ4n) is 0.594. The van der Waals surface area contributed by atoms with Crippen molar-refractivity contribution in [3.63, 3.8) is 0 Å². The number of hydrogen-bond donors (Lipinski definition) is 2. The minimum Gasteiger partial charge on any atom is -0.478 e. The van der Waals surface area contributed by atoms with Gasteiger partial charge in [0.25, 0.3) is 0 Å². The zero-order chi connectivity index (χ0) is 8.69. The Labute approximate surface area is 66.1 Å². The van der Waals surface area contributed by atoms with Crippen molar-refractivity contribution in [2.24, 2.45) is 0 Å². The van der Waals surface area contributed by atoms with Gasteiger partial charge in [-0.05, 0) is 6.92 Å². The lowest BCUT2D eigenvalue weighted by Gasteiger charge is -1.98. The first-order valence-corrected chi connectivity index (χ1v) is 3.21. The molecule has 0 aliphatic rings. The van der Waals surface area contributed by atoms with Gasteiger partial charge in [0.15, 0.2) is 0 Å². The Morgan fingerprint density at radius 1 is 1.82 bits per heavy atom. The molecule has 0 saturated carbocycles. The molecule has 0 aromatic carbocycles. The summed E-state index contributed by atoms with van der Waals surface area (Å²) in [5.41, 5.74) is 0.757. The molecule has 0 amide bonds. The molecule has 0 aromatic rings. The Bertz CT molecular complexity index is 201. The zero-order valence-corrected chi connectivity index (χ0v) is 6.42. The first kappa shape index (κ1) is 9.73. The number of aliphatic carboxylic acids is 1. The highest BCUT2D eigenvalue weighted by atomic mass is 16.4. The first-order valence-electron chi connectivity index (χ1n) is 3.21. The van der Waals surface area contributed by atoms with Gasteiger partial charge in [0.1, 0.15) is 0 Å². The van der Waals surface area contributed by atoms with Crippen molar-refractivity contribution in [2.45, 2.75) is 6.92 Å². The monoisotopic (exact) mass is 153 g/mol. The third-order valence-electron chi connectivity index (χ3n) is 1.00. The molecule has 2 N–H and O–H groups in total. The molecule has 0 aliphatic heterocycles. The normalized spacial score (nSPS) is 10.7. The summed E-state index contributed by atoms with van der Waals surface area (Å²) >= 11 is 0. The molecule has 11 heavy (non-hydrogen) atoms. The van der Waals surface area contributed by atoms with Crippen LogP contribution in [0.5, 0.6) is 0 Å². The number of carbonyl (C=O) groups is 1. The number of carboxylic acids is 1. The summed E-state index contributed by atoms with van der Waals surface area (Å²) in [5.74, 6) is 1.46. The van der Waals surface area contributed by atoms with Crippen molar-refractivity contribution in [1.82, 2.24) is 5.32 Å². The Balaban J connectivity index is 3.61. The summed E-state index contributed by atoms with van der Waals surface area (Å²) in [5, 5.41) is 11.2. The largest absolute Gasteiger partial charge is 0.478 e. The number of carboxylic acid groups (broad SMARTS) is 1. The van der Waals surface area contributed by atoms with Crippen LogP contribution in [-0.4, -0.2) is 24.2 Å². The third-order valence-corrected chi connectivity index (χ3v) is 1.00. The Hall–Kier alpha value is -1.27. The van der Waals surface area contributed by atoms with E-state index in [1.165, 1.54) is 0 Å². The number of terminal acetylenes is 1. The molecule has 0 aliphatic carbocycles. The molecule has 0 spiro atoms. The van der Waals surface area contributed by atoms with Crippen LogP contribution in [0.15, 0.2) is 11.6 Å². The topological polar surface area (TPSA) is 49.3 Å². The smallest absolute Gasteiger partial charge is 0.328 e. The van der Waals surface area contributed by atoms with E-state index in [9.17, 15) is 4.79 Å². The van der Waals surface area contributed by atoms with E-state index in [0.29, 0.717) is 13.1 Å². The maximum absolute atomic E-state index is 10.1. The second-order valence-electron chi connectivity index (χ2n) is 2.14. The summed E-state index contributed by atoms with van der Waals surface area (Å²) in [6.45, 7) is 2.72. The predicted octanol–water partition coefficient (Wildman–Crippen LogP) is 0.240. The molecule has 0 radical (unpaired) electrons. The fraction of sp³-hybridized carbons (Fsp3) is 0.375. The molecule has 0 fully saturated rings. The predicted molar refractivity (Wildman–Crippen MR) is 43.1 cm³/mol. The lowest BCUT2D eigenvalue weighted by Crippen LogP contribution is -2.16.